The van der Waals surface area contributed by atoms with E-state index in [1.807, 2.05) is 0 Å². The van der Waals surface area contributed by atoms with Gasteiger partial charge in [0.2, 0.25) is 0 Å². The molecule has 2 aromatic heterocycles. The molecule has 0 unspecified atom stereocenters. The summed E-state index contributed by atoms with van der Waals surface area (Å²) in [7, 11) is 0. The average Bonchev–Trinajstić information content (AvgIpc) is 4.04. The second kappa shape index (κ2) is 14.3. The number of para-hydroxylation sites is 1. The Hall–Kier alpha value is -8.85. The first-order valence-corrected chi connectivity index (χ1v) is 23.9. The molecule has 69 heavy (non-hydrogen) atoms. The summed E-state index contributed by atoms with van der Waals surface area (Å²) in [6, 6.07) is 91.8. The van der Waals surface area contributed by atoms with Crippen LogP contribution in [0.15, 0.2) is 253 Å². The molecule has 2 heteroatoms. The number of pyridine rings is 1. The molecule has 0 bridgehead atoms. The molecular weight excluding hydrogens is 835 g/mol. The molecule has 3 aliphatic rings. The standard InChI is InChI=1S/C67H41NO/c1-3-17-44(18-4-1)62-38-47(39-63(68-62)45-19-5-2-6-20-45)43-33-31-42(32-34-43)46-35-36-56-51(37-46)52-40-53-50-23-9-16-30-64(50)69-65(53)41-61(52)67(56)59-28-14-12-26-57(59)66(58-27-13-15-29-60(58)67)54-24-10-7-21-48(54)49-22-8-11-25-55(49)66/h1-41H. The van der Waals surface area contributed by atoms with Crippen molar-refractivity contribution >= 4 is 21.9 Å². The van der Waals surface area contributed by atoms with Crippen LogP contribution in [0.4, 0.5) is 0 Å². The number of rotatable bonds is 4. The predicted octanol–water partition coefficient (Wildman–Crippen LogP) is 16.7. The van der Waals surface area contributed by atoms with Gasteiger partial charge in [-0.05, 0) is 125 Å². The Bertz CT molecular complexity index is 3910. The van der Waals surface area contributed by atoms with Gasteiger partial charge in [-0.1, -0.05) is 212 Å². The molecule has 2 nitrogen and oxygen atoms in total. The zero-order valence-electron chi connectivity index (χ0n) is 37.5. The fourth-order valence-electron chi connectivity index (χ4n) is 12.7. The van der Waals surface area contributed by atoms with Gasteiger partial charge in [-0.25, -0.2) is 4.98 Å². The quantitative estimate of drug-likeness (QED) is 0.176. The summed E-state index contributed by atoms with van der Waals surface area (Å²) in [5.74, 6) is 0. The lowest BCUT2D eigenvalue weighted by Gasteiger charge is -2.48. The molecule has 0 atom stereocenters. The molecule has 0 radical (unpaired) electrons. The normalized spacial score (nSPS) is 14.0. The van der Waals surface area contributed by atoms with Crippen molar-refractivity contribution in [2.75, 3.05) is 0 Å². The van der Waals surface area contributed by atoms with Crippen molar-refractivity contribution in [1.29, 1.82) is 0 Å². The number of nitrogens with zero attached hydrogens (tertiary/aromatic N) is 1. The lowest BCUT2D eigenvalue weighted by molar-refractivity contribution is 0.630. The van der Waals surface area contributed by atoms with Crippen molar-refractivity contribution in [3.05, 3.63) is 293 Å². The second-order valence-electron chi connectivity index (χ2n) is 18.9. The van der Waals surface area contributed by atoms with Crippen molar-refractivity contribution < 1.29 is 4.42 Å². The van der Waals surface area contributed by atoms with E-state index in [2.05, 4.69) is 249 Å². The second-order valence-corrected chi connectivity index (χ2v) is 18.9. The van der Waals surface area contributed by atoms with Crippen molar-refractivity contribution in [3.63, 3.8) is 0 Å². The smallest absolute Gasteiger partial charge is 0.135 e. The Morgan fingerprint density at radius 2 is 0.681 bits per heavy atom. The summed E-state index contributed by atoms with van der Waals surface area (Å²) in [4.78, 5) is 5.15. The first-order valence-electron chi connectivity index (χ1n) is 23.9. The highest BCUT2D eigenvalue weighted by atomic mass is 16.3. The minimum atomic E-state index is -0.626. The average molecular weight is 876 g/mol. The van der Waals surface area contributed by atoms with Crippen LogP contribution in [0.1, 0.15) is 44.5 Å². The van der Waals surface area contributed by atoms with Crippen LogP contribution < -0.4 is 0 Å². The van der Waals surface area contributed by atoms with Gasteiger partial charge in [-0.15, -0.1) is 0 Å². The maximum Gasteiger partial charge on any atom is 0.135 e. The Morgan fingerprint density at radius 3 is 1.26 bits per heavy atom. The SMILES string of the molecule is c1ccc(-c2cc(-c3ccc(-c4ccc5c(c4)-c4cc6c(cc4C54c5ccccc5C5(c7ccccc7-c7ccccc75)c5ccccc54)oc4ccccc46)cc3)cc(-c3ccccc3)n2)cc1. The van der Waals surface area contributed by atoms with Crippen LogP contribution in [0.3, 0.4) is 0 Å². The fraction of sp³-hybridized carbons (Fsp3) is 0.0299. The molecule has 0 N–H and O–H groups in total. The molecule has 10 aromatic carbocycles. The van der Waals surface area contributed by atoms with Gasteiger partial charge in [0.1, 0.15) is 11.2 Å². The number of furan rings is 1. The maximum absolute atomic E-state index is 6.77. The summed E-state index contributed by atoms with van der Waals surface area (Å²) in [5.41, 5.74) is 25.0. The van der Waals surface area contributed by atoms with Gasteiger partial charge in [0.15, 0.2) is 0 Å². The zero-order chi connectivity index (χ0) is 45.3. The van der Waals surface area contributed by atoms with E-state index in [1.54, 1.807) is 0 Å². The molecule has 12 aromatic rings. The minimum absolute atomic E-state index is 0.502. The van der Waals surface area contributed by atoms with Gasteiger partial charge in [-0.3, -0.25) is 0 Å². The third kappa shape index (κ3) is 5.18. The van der Waals surface area contributed by atoms with E-state index in [-0.39, 0.29) is 0 Å². The summed E-state index contributed by atoms with van der Waals surface area (Å²) in [5, 5.41) is 2.27. The zero-order valence-corrected chi connectivity index (χ0v) is 37.5. The van der Waals surface area contributed by atoms with Crippen LogP contribution in [0.5, 0.6) is 0 Å². The van der Waals surface area contributed by atoms with Gasteiger partial charge in [-0.2, -0.15) is 0 Å². The van der Waals surface area contributed by atoms with E-state index in [9.17, 15) is 0 Å². The Labute approximate surface area is 400 Å². The predicted molar refractivity (Wildman–Crippen MR) is 281 cm³/mol. The van der Waals surface area contributed by atoms with Crippen LogP contribution in [-0.4, -0.2) is 4.98 Å². The van der Waals surface area contributed by atoms with E-state index >= 15 is 0 Å². The first kappa shape index (κ1) is 38.3. The highest BCUT2D eigenvalue weighted by molar-refractivity contribution is 6.09. The number of benzene rings is 10. The molecule has 0 saturated carbocycles. The Morgan fingerprint density at radius 1 is 0.246 bits per heavy atom. The lowest BCUT2D eigenvalue weighted by Crippen LogP contribution is -2.43. The molecule has 320 valence electrons. The van der Waals surface area contributed by atoms with E-state index < -0.39 is 10.8 Å². The monoisotopic (exact) mass is 875 g/mol. The van der Waals surface area contributed by atoms with Gasteiger partial charge >= 0.3 is 0 Å². The van der Waals surface area contributed by atoms with Crippen molar-refractivity contribution in [1.82, 2.24) is 4.98 Å². The van der Waals surface area contributed by atoms with E-state index in [1.165, 1.54) is 77.9 Å². The number of aromatic nitrogens is 1. The van der Waals surface area contributed by atoms with Gasteiger partial charge < -0.3 is 4.42 Å². The molecule has 0 saturated heterocycles. The number of fused-ring (bicyclic) bond motifs is 19. The molecule has 15 rings (SSSR count). The van der Waals surface area contributed by atoms with Crippen molar-refractivity contribution in [2.24, 2.45) is 0 Å². The van der Waals surface area contributed by atoms with Crippen molar-refractivity contribution in [3.8, 4) is 67.0 Å². The molecule has 2 heterocycles. The van der Waals surface area contributed by atoms with Crippen LogP contribution in [-0.2, 0) is 10.8 Å². The van der Waals surface area contributed by atoms with Crippen LogP contribution in [0, 0.1) is 0 Å². The topological polar surface area (TPSA) is 26.0 Å². The largest absolute Gasteiger partial charge is 0.456 e. The molecule has 0 aliphatic heterocycles. The fourth-order valence-corrected chi connectivity index (χ4v) is 12.7. The maximum atomic E-state index is 6.77. The lowest BCUT2D eigenvalue weighted by atomic mass is 9.52. The van der Waals surface area contributed by atoms with Crippen LogP contribution in [0.2, 0.25) is 0 Å². The van der Waals surface area contributed by atoms with E-state index in [0.717, 1.165) is 55.6 Å². The molecule has 2 spiro atoms. The summed E-state index contributed by atoms with van der Waals surface area (Å²) < 4.78 is 6.77. The van der Waals surface area contributed by atoms with Gasteiger partial charge in [0.05, 0.1) is 22.2 Å². The third-order valence-corrected chi connectivity index (χ3v) is 15.6. The van der Waals surface area contributed by atoms with Crippen LogP contribution >= 0.6 is 0 Å². The number of hydrogen-bond acceptors (Lipinski definition) is 2. The number of hydrogen-bond donors (Lipinski definition) is 0. The third-order valence-electron chi connectivity index (χ3n) is 15.6. The Kier molecular flexibility index (Phi) is 7.95. The van der Waals surface area contributed by atoms with Crippen molar-refractivity contribution in [2.45, 2.75) is 10.8 Å². The molecular formula is C67H41NO. The van der Waals surface area contributed by atoms with E-state index in [4.69, 9.17) is 9.40 Å². The summed E-state index contributed by atoms with van der Waals surface area (Å²) in [6.45, 7) is 0. The first-order chi connectivity index (χ1) is 34.2. The highest BCUT2D eigenvalue weighted by Crippen LogP contribution is 2.68. The highest BCUT2D eigenvalue weighted by Gasteiger charge is 2.59. The van der Waals surface area contributed by atoms with Gasteiger partial charge in [0, 0.05) is 21.9 Å². The van der Waals surface area contributed by atoms with Crippen LogP contribution in [0.25, 0.3) is 89.0 Å². The van der Waals surface area contributed by atoms with E-state index in [0.29, 0.717) is 0 Å². The summed E-state index contributed by atoms with van der Waals surface area (Å²) >= 11 is 0. The molecule has 3 aliphatic carbocycles. The van der Waals surface area contributed by atoms with Gasteiger partial charge in [0.25, 0.3) is 0 Å². The molecule has 0 amide bonds. The minimum Gasteiger partial charge on any atom is -0.456 e. The summed E-state index contributed by atoms with van der Waals surface area (Å²) in [6.07, 6.45) is 0. The Balaban J connectivity index is 0.949. The molecule has 0 fully saturated rings.